The van der Waals surface area contributed by atoms with Crippen molar-refractivity contribution in [1.29, 1.82) is 0 Å². The molecule has 2 aromatic rings. The van der Waals surface area contributed by atoms with Crippen molar-refractivity contribution in [1.82, 2.24) is 4.90 Å². The molecule has 0 aliphatic carbocycles. The summed E-state index contributed by atoms with van der Waals surface area (Å²) in [5.74, 6) is 1.09. The van der Waals surface area contributed by atoms with E-state index in [2.05, 4.69) is 4.99 Å². The molecule has 1 fully saturated rings. The van der Waals surface area contributed by atoms with Crippen LogP contribution in [0.1, 0.15) is 19.4 Å². The number of aliphatic imine (C=N–C) groups is 1. The molecule has 0 atom stereocenters. The van der Waals surface area contributed by atoms with Crippen LogP contribution in [0.5, 0.6) is 11.5 Å². The second kappa shape index (κ2) is 9.57. The lowest BCUT2D eigenvalue weighted by atomic mass is 10.2. The van der Waals surface area contributed by atoms with E-state index in [-0.39, 0.29) is 5.91 Å². The van der Waals surface area contributed by atoms with Gasteiger partial charge >= 0.3 is 0 Å². The Morgan fingerprint density at radius 3 is 2.34 bits per heavy atom. The van der Waals surface area contributed by atoms with Crippen molar-refractivity contribution in [3.05, 3.63) is 56.9 Å². The predicted octanol–water partition coefficient (Wildman–Crippen LogP) is 6.02. The number of hydrogen-bond donors (Lipinski definition) is 0. The molecule has 1 aliphatic rings. The van der Waals surface area contributed by atoms with Gasteiger partial charge in [0, 0.05) is 6.54 Å². The van der Waals surface area contributed by atoms with Crippen molar-refractivity contribution < 1.29 is 14.3 Å². The number of nitrogens with zero attached hydrogens (tertiary/aromatic N) is 2. The average molecular weight is 451 g/mol. The Labute approximate surface area is 184 Å². The summed E-state index contributed by atoms with van der Waals surface area (Å²) in [6.45, 7) is 4.75. The normalized spacial score (nSPS) is 16.7. The highest BCUT2D eigenvalue weighted by Gasteiger charge is 2.32. The molecule has 0 unspecified atom stereocenters. The molecule has 1 amide bonds. The van der Waals surface area contributed by atoms with Crippen molar-refractivity contribution >= 4 is 57.8 Å². The quantitative estimate of drug-likeness (QED) is 0.504. The van der Waals surface area contributed by atoms with Gasteiger partial charge in [-0.05, 0) is 73.6 Å². The Balaban J connectivity index is 1.91. The van der Waals surface area contributed by atoms with Gasteiger partial charge in [0.25, 0.3) is 5.91 Å². The highest BCUT2D eigenvalue weighted by atomic mass is 35.5. The lowest BCUT2D eigenvalue weighted by Gasteiger charge is -2.12. The Bertz CT molecular complexity index is 951. The second-order valence-electron chi connectivity index (χ2n) is 6.00. The maximum atomic E-state index is 12.8. The first-order valence-corrected chi connectivity index (χ1v) is 10.6. The molecule has 1 aliphatic heterocycles. The molecule has 0 radical (unpaired) electrons. The number of carbonyl (C=O) groups excluding carboxylic acids is 1. The summed E-state index contributed by atoms with van der Waals surface area (Å²) >= 11 is 13.9. The molecule has 29 heavy (non-hydrogen) atoms. The van der Waals surface area contributed by atoms with Crippen LogP contribution >= 0.6 is 35.0 Å². The van der Waals surface area contributed by atoms with E-state index in [1.165, 1.54) is 11.8 Å². The molecular formula is C21H20Cl2N2O3S. The third kappa shape index (κ3) is 4.89. The zero-order valence-corrected chi connectivity index (χ0v) is 18.6. The summed E-state index contributed by atoms with van der Waals surface area (Å²) in [5, 5.41) is 1.43. The summed E-state index contributed by atoms with van der Waals surface area (Å²) in [7, 11) is 1.61. The van der Waals surface area contributed by atoms with E-state index < -0.39 is 0 Å². The Kier molecular flexibility index (Phi) is 7.11. The van der Waals surface area contributed by atoms with Crippen LogP contribution in [0.3, 0.4) is 0 Å². The van der Waals surface area contributed by atoms with Gasteiger partial charge in [0.2, 0.25) is 0 Å². The lowest BCUT2D eigenvalue weighted by Crippen LogP contribution is -2.28. The van der Waals surface area contributed by atoms with Crippen LogP contribution in [0.4, 0.5) is 5.69 Å². The molecule has 0 aromatic heterocycles. The summed E-state index contributed by atoms with van der Waals surface area (Å²) in [4.78, 5) is 19.6. The number of carbonyl (C=O) groups is 1. The van der Waals surface area contributed by atoms with Gasteiger partial charge in [-0.2, -0.15) is 0 Å². The zero-order valence-electron chi connectivity index (χ0n) is 16.2. The number of amides is 1. The van der Waals surface area contributed by atoms with Gasteiger partial charge in [0.05, 0.1) is 34.4 Å². The largest absolute Gasteiger partial charge is 0.497 e. The first-order chi connectivity index (χ1) is 14.0. The van der Waals surface area contributed by atoms with Gasteiger partial charge in [0.1, 0.15) is 5.75 Å². The molecular weight excluding hydrogens is 431 g/mol. The van der Waals surface area contributed by atoms with Crippen LogP contribution < -0.4 is 9.47 Å². The van der Waals surface area contributed by atoms with Crippen molar-refractivity contribution in [2.24, 2.45) is 4.99 Å². The van der Waals surface area contributed by atoms with E-state index in [0.717, 1.165) is 17.0 Å². The molecule has 0 N–H and O–H groups in total. The Hall–Kier alpha value is -2.15. The molecule has 1 heterocycles. The number of likely N-dealkylation sites (N-methyl/N-ethyl adjacent to an activating group) is 1. The molecule has 8 heteroatoms. The van der Waals surface area contributed by atoms with Gasteiger partial charge in [-0.25, -0.2) is 4.99 Å². The van der Waals surface area contributed by atoms with Crippen LogP contribution in [0.2, 0.25) is 10.0 Å². The SMILES string of the molecule is CCOc1c(Cl)cc(/C=C2/SC(=Nc3ccc(OC)cc3)N(CC)C2=O)cc1Cl. The molecule has 1 saturated heterocycles. The van der Waals surface area contributed by atoms with Crippen molar-refractivity contribution in [3.8, 4) is 11.5 Å². The van der Waals surface area contributed by atoms with Crippen molar-refractivity contribution in [3.63, 3.8) is 0 Å². The predicted molar refractivity (Wildman–Crippen MR) is 121 cm³/mol. The van der Waals surface area contributed by atoms with E-state index in [0.29, 0.717) is 39.0 Å². The number of hydrogen-bond acceptors (Lipinski definition) is 5. The number of ether oxygens (including phenoxy) is 2. The van der Waals surface area contributed by atoms with Gasteiger partial charge in [-0.1, -0.05) is 23.2 Å². The smallest absolute Gasteiger partial charge is 0.266 e. The highest BCUT2D eigenvalue weighted by molar-refractivity contribution is 8.18. The number of rotatable bonds is 6. The van der Waals surface area contributed by atoms with Gasteiger partial charge in [-0.3, -0.25) is 9.69 Å². The fourth-order valence-electron chi connectivity index (χ4n) is 2.73. The molecule has 0 bridgehead atoms. The third-order valence-electron chi connectivity index (χ3n) is 4.11. The fourth-order valence-corrected chi connectivity index (χ4v) is 4.41. The summed E-state index contributed by atoms with van der Waals surface area (Å²) < 4.78 is 10.6. The van der Waals surface area contributed by atoms with E-state index in [1.807, 2.05) is 38.1 Å². The number of halogens is 2. The van der Waals surface area contributed by atoms with E-state index in [9.17, 15) is 4.79 Å². The summed E-state index contributed by atoms with van der Waals surface area (Å²) in [6.07, 6.45) is 1.76. The topological polar surface area (TPSA) is 51.1 Å². The van der Waals surface area contributed by atoms with Gasteiger partial charge in [0.15, 0.2) is 10.9 Å². The lowest BCUT2D eigenvalue weighted by molar-refractivity contribution is -0.122. The minimum atomic E-state index is -0.106. The number of benzene rings is 2. The van der Waals surface area contributed by atoms with E-state index in [4.69, 9.17) is 32.7 Å². The average Bonchev–Trinajstić information content (AvgIpc) is 2.99. The first kappa shape index (κ1) is 21.6. The third-order valence-corrected chi connectivity index (χ3v) is 5.68. The van der Waals surface area contributed by atoms with Gasteiger partial charge in [-0.15, -0.1) is 0 Å². The first-order valence-electron chi connectivity index (χ1n) is 9.02. The molecule has 152 valence electrons. The molecule has 0 saturated carbocycles. The van der Waals surface area contributed by atoms with Crippen molar-refractivity contribution in [2.75, 3.05) is 20.3 Å². The minimum Gasteiger partial charge on any atom is -0.497 e. The van der Waals surface area contributed by atoms with Crippen LogP contribution in [-0.4, -0.2) is 36.2 Å². The van der Waals surface area contributed by atoms with Crippen LogP contribution in [-0.2, 0) is 4.79 Å². The van der Waals surface area contributed by atoms with Crippen LogP contribution in [0.15, 0.2) is 46.3 Å². The number of methoxy groups -OCH3 is 1. The maximum absolute atomic E-state index is 12.8. The maximum Gasteiger partial charge on any atom is 0.266 e. The fraction of sp³-hybridized carbons (Fsp3) is 0.238. The summed E-state index contributed by atoms with van der Waals surface area (Å²) in [6, 6.07) is 10.8. The molecule has 0 spiro atoms. The van der Waals surface area contributed by atoms with E-state index >= 15 is 0 Å². The molecule has 2 aromatic carbocycles. The highest BCUT2D eigenvalue weighted by Crippen LogP contribution is 2.38. The Morgan fingerprint density at radius 2 is 1.79 bits per heavy atom. The van der Waals surface area contributed by atoms with Crippen molar-refractivity contribution in [2.45, 2.75) is 13.8 Å². The number of thioether (sulfide) groups is 1. The van der Waals surface area contributed by atoms with E-state index in [1.54, 1.807) is 30.2 Å². The minimum absolute atomic E-state index is 0.106. The molecule has 3 rings (SSSR count). The van der Waals surface area contributed by atoms with Crippen LogP contribution in [0.25, 0.3) is 6.08 Å². The Morgan fingerprint density at radius 1 is 1.14 bits per heavy atom. The monoisotopic (exact) mass is 450 g/mol. The molecule has 5 nitrogen and oxygen atoms in total. The van der Waals surface area contributed by atoms with Crippen LogP contribution in [0, 0.1) is 0 Å². The number of amidine groups is 1. The zero-order chi connectivity index (χ0) is 21.0. The second-order valence-corrected chi connectivity index (χ2v) is 7.82. The standard InChI is InChI=1S/C21H20Cl2N2O3S/c1-4-25-20(26)18(12-13-10-16(22)19(28-5-2)17(23)11-13)29-21(25)24-14-6-8-15(27-3)9-7-14/h6-12H,4-5H2,1-3H3/b18-12+,24-21?. The summed E-state index contributed by atoms with van der Waals surface area (Å²) in [5.41, 5.74) is 1.47. The van der Waals surface area contributed by atoms with Gasteiger partial charge < -0.3 is 9.47 Å².